The van der Waals surface area contributed by atoms with E-state index in [2.05, 4.69) is 29.4 Å². The minimum absolute atomic E-state index is 0.661. The third-order valence-electron chi connectivity index (χ3n) is 2.90. The van der Waals surface area contributed by atoms with Gasteiger partial charge in [-0.25, -0.2) is 0 Å². The highest BCUT2D eigenvalue weighted by molar-refractivity contribution is 7.11. The third kappa shape index (κ3) is 2.98. The lowest BCUT2D eigenvalue weighted by Gasteiger charge is -2.21. The van der Waals surface area contributed by atoms with Crippen molar-refractivity contribution in [3.8, 4) is 0 Å². The van der Waals surface area contributed by atoms with Gasteiger partial charge in [-0.3, -0.25) is 0 Å². The Balaban J connectivity index is 1.85. The number of hydrogen-bond acceptors (Lipinski definition) is 4. The van der Waals surface area contributed by atoms with Gasteiger partial charge in [0.05, 0.1) is 0 Å². The predicted octanol–water partition coefficient (Wildman–Crippen LogP) is 2.37. The molecule has 3 nitrogen and oxygen atoms in total. The lowest BCUT2D eigenvalue weighted by Crippen LogP contribution is -2.35. The maximum Gasteiger partial charge on any atom is 0.131 e. The van der Waals surface area contributed by atoms with E-state index in [9.17, 15) is 0 Å². The molecule has 0 radical (unpaired) electrons. The Labute approximate surface area is 95.3 Å². The van der Waals surface area contributed by atoms with Crippen LogP contribution in [0.5, 0.6) is 0 Å². The van der Waals surface area contributed by atoms with Crippen molar-refractivity contribution >= 4 is 11.3 Å². The number of hydrogen-bond donors (Lipinski definition) is 1. The number of nitrogens with one attached hydrogen (secondary N) is 1. The zero-order chi connectivity index (χ0) is 10.8. The molecule has 1 aliphatic rings. The lowest BCUT2D eigenvalue weighted by molar-refractivity contribution is 0.358. The molecule has 1 saturated carbocycles. The van der Waals surface area contributed by atoms with Crippen molar-refractivity contribution in [1.29, 1.82) is 0 Å². The van der Waals surface area contributed by atoms with Crippen LogP contribution in [0.4, 0.5) is 0 Å². The Morgan fingerprint density at radius 2 is 2.13 bits per heavy atom. The number of aryl methyl sites for hydroxylation is 1. The van der Waals surface area contributed by atoms with E-state index >= 15 is 0 Å². The monoisotopic (exact) mass is 225 g/mol. The van der Waals surface area contributed by atoms with Gasteiger partial charge in [0.1, 0.15) is 10.0 Å². The summed E-state index contributed by atoms with van der Waals surface area (Å²) >= 11 is 1.69. The second-order valence-corrected chi connectivity index (χ2v) is 5.97. The van der Waals surface area contributed by atoms with E-state index in [0.717, 1.165) is 22.5 Å². The molecule has 1 fully saturated rings. The Morgan fingerprint density at radius 1 is 1.40 bits per heavy atom. The number of nitrogens with zero attached hydrogens (tertiary/aromatic N) is 2. The van der Waals surface area contributed by atoms with Crippen LogP contribution in [0.15, 0.2) is 0 Å². The van der Waals surface area contributed by atoms with Gasteiger partial charge in [0.2, 0.25) is 0 Å². The van der Waals surface area contributed by atoms with Gasteiger partial charge in [-0.05, 0) is 31.6 Å². The van der Waals surface area contributed by atoms with Crippen molar-refractivity contribution in [2.24, 2.45) is 11.8 Å². The minimum Gasteiger partial charge on any atom is -0.307 e. The van der Waals surface area contributed by atoms with E-state index in [-0.39, 0.29) is 0 Å². The molecule has 1 aromatic rings. The summed E-state index contributed by atoms with van der Waals surface area (Å²) in [6, 6.07) is 0.661. The Kier molecular flexibility index (Phi) is 3.36. The van der Waals surface area contributed by atoms with E-state index in [0.29, 0.717) is 12.0 Å². The van der Waals surface area contributed by atoms with E-state index < -0.39 is 0 Å². The van der Waals surface area contributed by atoms with Crippen molar-refractivity contribution in [2.75, 3.05) is 0 Å². The molecule has 4 heteroatoms. The van der Waals surface area contributed by atoms with Crippen molar-refractivity contribution in [3.63, 3.8) is 0 Å². The second-order valence-electron chi connectivity index (χ2n) is 4.70. The van der Waals surface area contributed by atoms with Gasteiger partial charge >= 0.3 is 0 Å². The van der Waals surface area contributed by atoms with Crippen LogP contribution < -0.4 is 5.32 Å². The van der Waals surface area contributed by atoms with Crippen molar-refractivity contribution in [2.45, 2.75) is 46.2 Å². The first kappa shape index (κ1) is 11.0. The van der Waals surface area contributed by atoms with Gasteiger partial charge in [-0.15, -0.1) is 21.5 Å². The number of rotatable bonds is 5. The lowest BCUT2D eigenvalue weighted by atomic mass is 10.00. The van der Waals surface area contributed by atoms with Crippen LogP contribution in [0.3, 0.4) is 0 Å². The zero-order valence-electron chi connectivity index (χ0n) is 9.66. The van der Waals surface area contributed by atoms with Crippen molar-refractivity contribution in [3.05, 3.63) is 10.0 Å². The van der Waals surface area contributed by atoms with Gasteiger partial charge in [-0.2, -0.15) is 0 Å². The van der Waals surface area contributed by atoms with Crippen LogP contribution >= 0.6 is 11.3 Å². The highest BCUT2D eigenvalue weighted by atomic mass is 32.1. The van der Waals surface area contributed by atoms with Crippen LogP contribution in [0.25, 0.3) is 0 Å². The molecule has 0 aliphatic heterocycles. The largest absolute Gasteiger partial charge is 0.307 e. The summed E-state index contributed by atoms with van der Waals surface area (Å²) < 4.78 is 0. The Bertz CT molecular complexity index is 315. The van der Waals surface area contributed by atoms with Gasteiger partial charge in [0.15, 0.2) is 0 Å². The molecule has 1 atom stereocenters. The molecule has 0 bridgehead atoms. The topological polar surface area (TPSA) is 37.8 Å². The molecule has 2 rings (SSSR count). The molecule has 1 N–H and O–H groups in total. The summed E-state index contributed by atoms with van der Waals surface area (Å²) in [5.74, 6) is 1.62. The van der Waals surface area contributed by atoms with Crippen LogP contribution in [-0.4, -0.2) is 16.2 Å². The fourth-order valence-corrected chi connectivity index (χ4v) is 2.68. The smallest absolute Gasteiger partial charge is 0.131 e. The van der Waals surface area contributed by atoms with Crippen molar-refractivity contribution in [1.82, 2.24) is 15.5 Å². The zero-order valence-corrected chi connectivity index (χ0v) is 10.5. The predicted molar refractivity (Wildman–Crippen MR) is 62.8 cm³/mol. The highest BCUT2D eigenvalue weighted by Crippen LogP contribution is 2.35. The first-order valence-electron chi connectivity index (χ1n) is 5.69. The Hall–Kier alpha value is -0.480. The molecule has 1 unspecified atom stereocenters. The molecule has 15 heavy (non-hydrogen) atoms. The normalized spacial score (nSPS) is 18.4. The molecule has 0 aromatic carbocycles. The number of aromatic nitrogens is 2. The Morgan fingerprint density at radius 3 is 2.60 bits per heavy atom. The van der Waals surface area contributed by atoms with Gasteiger partial charge in [-0.1, -0.05) is 13.8 Å². The van der Waals surface area contributed by atoms with E-state index in [4.69, 9.17) is 0 Å². The van der Waals surface area contributed by atoms with Crippen LogP contribution in [-0.2, 0) is 6.54 Å². The maximum absolute atomic E-state index is 4.13. The average molecular weight is 225 g/mol. The van der Waals surface area contributed by atoms with Crippen LogP contribution in [0.2, 0.25) is 0 Å². The minimum atomic E-state index is 0.661. The fraction of sp³-hybridized carbons (Fsp3) is 0.818. The van der Waals surface area contributed by atoms with Crippen LogP contribution in [0, 0.1) is 18.8 Å². The highest BCUT2D eigenvalue weighted by Gasteiger charge is 2.32. The maximum atomic E-state index is 4.13. The van der Waals surface area contributed by atoms with Crippen LogP contribution in [0.1, 0.15) is 36.7 Å². The molecule has 84 valence electrons. The quantitative estimate of drug-likeness (QED) is 0.836. The van der Waals surface area contributed by atoms with Gasteiger partial charge < -0.3 is 5.32 Å². The summed E-state index contributed by atoms with van der Waals surface area (Å²) in [6.07, 6.45) is 2.79. The molecular weight excluding hydrogens is 206 g/mol. The molecule has 1 aliphatic carbocycles. The second kappa shape index (κ2) is 4.58. The summed E-state index contributed by atoms with van der Waals surface area (Å²) in [4.78, 5) is 0. The van der Waals surface area contributed by atoms with Gasteiger partial charge in [0.25, 0.3) is 0 Å². The van der Waals surface area contributed by atoms with E-state index in [1.54, 1.807) is 11.3 Å². The van der Waals surface area contributed by atoms with E-state index in [1.807, 2.05) is 6.92 Å². The molecule has 1 heterocycles. The first-order chi connectivity index (χ1) is 7.16. The third-order valence-corrected chi connectivity index (χ3v) is 3.74. The molecule has 0 amide bonds. The van der Waals surface area contributed by atoms with Gasteiger partial charge in [0, 0.05) is 12.6 Å². The molecule has 1 aromatic heterocycles. The van der Waals surface area contributed by atoms with E-state index in [1.165, 1.54) is 12.8 Å². The summed E-state index contributed by atoms with van der Waals surface area (Å²) in [5.41, 5.74) is 0. The average Bonchev–Trinajstić information content (AvgIpc) is 2.90. The summed E-state index contributed by atoms with van der Waals surface area (Å²) in [5, 5.41) is 13.9. The fourth-order valence-electron chi connectivity index (χ4n) is 2.02. The summed E-state index contributed by atoms with van der Waals surface area (Å²) in [6.45, 7) is 7.47. The standard InChI is InChI=1S/C11H19N3S/c1-7(2)11(9-4-5-9)12-6-10-14-13-8(3)15-10/h7,9,11-12H,4-6H2,1-3H3. The van der Waals surface area contributed by atoms with Crippen molar-refractivity contribution < 1.29 is 0 Å². The SMILES string of the molecule is Cc1nnc(CNC(C(C)C)C2CC2)s1. The molecular formula is C11H19N3S. The molecule has 0 saturated heterocycles. The summed E-state index contributed by atoms with van der Waals surface area (Å²) in [7, 11) is 0. The first-order valence-corrected chi connectivity index (χ1v) is 6.51. The molecule has 0 spiro atoms.